The van der Waals surface area contributed by atoms with Gasteiger partial charge in [0.1, 0.15) is 10.7 Å². The van der Waals surface area contributed by atoms with Gasteiger partial charge >= 0.3 is 0 Å². The van der Waals surface area contributed by atoms with Crippen LogP contribution in [0.4, 0.5) is 15.8 Å². The van der Waals surface area contributed by atoms with E-state index in [1.165, 1.54) is 37.4 Å². The Labute approximate surface area is 139 Å². The van der Waals surface area contributed by atoms with E-state index in [4.69, 9.17) is 5.73 Å². The van der Waals surface area contributed by atoms with Crippen LogP contribution in [0.3, 0.4) is 0 Å². The molecular formula is C13H11Br2FN2O2S. The Morgan fingerprint density at radius 3 is 2.24 bits per heavy atom. The van der Waals surface area contributed by atoms with Crippen molar-refractivity contribution in [2.45, 2.75) is 4.90 Å². The standard InChI is InChI=1S/C13H11Br2FN2O2S/c1-18(10-4-2-9(16)3-5-10)21(19,20)13-11(15)6-8(14)7-12(13)17/h2-7H,17H2,1H3. The lowest BCUT2D eigenvalue weighted by Crippen LogP contribution is -2.27. The minimum atomic E-state index is -3.86. The molecule has 0 saturated heterocycles. The van der Waals surface area contributed by atoms with Crippen LogP contribution in [0.1, 0.15) is 0 Å². The van der Waals surface area contributed by atoms with Crippen molar-refractivity contribution in [3.63, 3.8) is 0 Å². The van der Waals surface area contributed by atoms with Crippen LogP contribution in [0.2, 0.25) is 0 Å². The number of nitrogens with zero attached hydrogens (tertiary/aromatic N) is 1. The Bertz CT molecular complexity index is 756. The molecule has 0 bridgehead atoms. The largest absolute Gasteiger partial charge is 0.398 e. The third-order valence-electron chi connectivity index (χ3n) is 2.85. The number of rotatable bonds is 3. The van der Waals surface area contributed by atoms with Gasteiger partial charge in [0.25, 0.3) is 10.0 Å². The van der Waals surface area contributed by atoms with Crippen molar-refractivity contribution in [3.8, 4) is 0 Å². The summed E-state index contributed by atoms with van der Waals surface area (Å²) in [7, 11) is -2.48. The summed E-state index contributed by atoms with van der Waals surface area (Å²) in [5.74, 6) is -0.436. The highest BCUT2D eigenvalue weighted by Gasteiger charge is 2.26. The summed E-state index contributed by atoms with van der Waals surface area (Å²) in [6, 6.07) is 8.27. The third-order valence-corrected chi connectivity index (χ3v) is 6.09. The lowest BCUT2D eigenvalue weighted by atomic mass is 10.3. The van der Waals surface area contributed by atoms with Crippen molar-refractivity contribution in [2.75, 3.05) is 17.1 Å². The average Bonchev–Trinajstić information content (AvgIpc) is 2.37. The van der Waals surface area contributed by atoms with E-state index in [-0.39, 0.29) is 10.6 Å². The zero-order valence-electron chi connectivity index (χ0n) is 10.8. The van der Waals surface area contributed by atoms with Crippen LogP contribution >= 0.6 is 31.9 Å². The van der Waals surface area contributed by atoms with E-state index >= 15 is 0 Å². The van der Waals surface area contributed by atoms with Gasteiger partial charge in [0.05, 0.1) is 11.4 Å². The molecule has 0 aliphatic rings. The molecule has 2 aromatic carbocycles. The van der Waals surface area contributed by atoms with E-state index in [0.29, 0.717) is 14.6 Å². The molecule has 0 saturated carbocycles. The molecule has 8 heteroatoms. The molecule has 0 spiro atoms. The fraction of sp³-hybridized carbons (Fsp3) is 0.0769. The van der Waals surface area contributed by atoms with Gasteiger partial charge in [-0.15, -0.1) is 0 Å². The maximum Gasteiger partial charge on any atom is 0.267 e. The minimum absolute atomic E-state index is 0.0301. The SMILES string of the molecule is CN(c1ccc(F)cc1)S(=O)(=O)c1c(N)cc(Br)cc1Br. The summed E-state index contributed by atoms with van der Waals surface area (Å²) in [6.07, 6.45) is 0. The lowest BCUT2D eigenvalue weighted by Gasteiger charge is -2.21. The predicted octanol–water partition coefficient (Wildman–Crippen LogP) is 3.76. The summed E-state index contributed by atoms with van der Waals surface area (Å²) in [5, 5.41) is 0. The van der Waals surface area contributed by atoms with E-state index in [1.807, 2.05) is 0 Å². The molecule has 2 aromatic rings. The van der Waals surface area contributed by atoms with E-state index in [2.05, 4.69) is 31.9 Å². The van der Waals surface area contributed by atoms with Crippen molar-refractivity contribution in [1.29, 1.82) is 0 Å². The van der Waals surface area contributed by atoms with Gasteiger partial charge in [0, 0.05) is 16.0 Å². The van der Waals surface area contributed by atoms with Gasteiger partial charge in [0.15, 0.2) is 0 Å². The van der Waals surface area contributed by atoms with Crippen LogP contribution in [-0.4, -0.2) is 15.5 Å². The first kappa shape index (κ1) is 16.3. The van der Waals surface area contributed by atoms with E-state index in [1.54, 1.807) is 6.07 Å². The summed E-state index contributed by atoms with van der Waals surface area (Å²) >= 11 is 6.45. The maximum absolute atomic E-state index is 12.9. The fourth-order valence-electron chi connectivity index (χ4n) is 1.78. The van der Waals surface area contributed by atoms with Gasteiger partial charge in [-0.2, -0.15) is 0 Å². The zero-order chi connectivity index (χ0) is 15.8. The number of sulfonamides is 1. The highest BCUT2D eigenvalue weighted by Crippen LogP contribution is 2.34. The molecule has 4 nitrogen and oxygen atoms in total. The second-order valence-electron chi connectivity index (χ2n) is 4.25. The molecular weight excluding hydrogens is 427 g/mol. The minimum Gasteiger partial charge on any atom is -0.398 e. The van der Waals surface area contributed by atoms with Crippen molar-refractivity contribution in [1.82, 2.24) is 0 Å². The Balaban J connectivity index is 2.54. The number of hydrogen-bond donors (Lipinski definition) is 1. The Hall–Kier alpha value is -1.12. The highest BCUT2D eigenvalue weighted by molar-refractivity contribution is 9.11. The van der Waals surface area contributed by atoms with Gasteiger partial charge in [-0.3, -0.25) is 4.31 Å². The zero-order valence-corrected chi connectivity index (χ0v) is 14.8. The molecule has 0 heterocycles. The molecule has 0 radical (unpaired) electrons. The molecule has 0 unspecified atom stereocenters. The average molecular weight is 438 g/mol. The molecule has 0 fully saturated rings. The quantitative estimate of drug-likeness (QED) is 0.743. The van der Waals surface area contributed by atoms with Crippen LogP contribution in [0.25, 0.3) is 0 Å². The lowest BCUT2D eigenvalue weighted by molar-refractivity contribution is 0.594. The number of hydrogen-bond acceptors (Lipinski definition) is 3. The Morgan fingerprint density at radius 2 is 1.71 bits per heavy atom. The van der Waals surface area contributed by atoms with Crippen LogP contribution in [0, 0.1) is 5.82 Å². The van der Waals surface area contributed by atoms with Crippen molar-refractivity contribution in [3.05, 3.63) is 51.2 Å². The first-order chi connectivity index (χ1) is 9.73. The number of halogens is 3. The van der Waals surface area contributed by atoms with Gasteiger partial charge in [-0.1, -0.05) is 15.9 Å². The molecule has 0 aliphatic heterocycles. The van der Waals surface area contributed by atoms with E-state index in [9.17, 15) is 12.8 Å². The van der Waals surface area contributed by atoms with Crippen molar-refractivity contribution >= 4 is 53.3 Å². The molecule has 0 atom stereocenters. The van der Waals surface area contributed by atoms with Gasteiger partial charge < -0.3 is 5.73 Å². The second-order valence-corrected chi connectivity index (χ2v) is 7.93. The van der Waals surface area contributed by atoms with Crippen LogP contribution in [0.5, 0.6) is 0 Å². The first-order valence-electron chi connectivity index (χ1n) is 5.72. The topological polar surface area (TPSA) is 63.4 Å². The van der Waals surface area contributed by atoms with E-state index < -0.39 is 15.8 Å². The number of nitrogens with two attached hydrogens (primary N) is 1. The molecule has 2 rings (SSSR count). The second kappa shape index (κ2) is 5.94. The molecule has 0 aliphatic carbocycles. The van der Waals surface area contributed by atoms with Gasteiger partial charge in [0.2, 0.25) is 0 Å². The summed E-state index contributed by atoms with van der Waals surface area (Å²) in [5.41, 5.74) is 6.28. The summed E-state index contributed by atoms with van der Waals surface area (Å²) in [4.78, 5) is -0.0301. The van der Waals surface area contributed by atoms with Crippen molar-refractivity contribution < 1.29 is 12.8 Å². The van der Waals surface area contributed by atoms with Crippen LogP contribution in [-0.2, 0) is 10.0 Å². The molecule has 0 amide bonds. The predicted molar refractivity (Wildman–Crippen MR) is 88.2 cm³/mol. The number of benzene rings is 2. The van der Waals surface area contributed by atoms with Crippen molar-refractivity contribution in [2.24, 2.45) is 0 Å². The van der Waals surface area contributed by atoms with Gasteiger partial charge in [-0.25, -0.2) is 12.8 Å². The fourth-order valence-corrected chi connectivity index (χ4v) is 4.99. The highest BCUT2D eigenvalue weighted by atomic mass is 79.9. The number of anilines is 2. The normalized spacial score (nSPS) is 11.4. The Morgan fingerprint density at radius 1 is 1.14 bits per heavy atom. The number of nitrogen functional groups attached to an aromatic ring is 1. The monoisotopic (exact) mass is 436 g/mol. The van der Waals surface area contributed by atoms with E-state index in [0.717, 1.165) is 4.31 Å². The third kappa shape index (κ3) is 3.22. The van der Waals surface area contributed by atoms with Crippen LogP contribution < -0.4 is 10.0 Å². The molecule has 112 valence electrons. The summed E-state index contributed by atoms with van der Waals surface area (Å²) in [6.45, 7) is 0. The Kier molecular flexibility index (Phi) is 4.60. The smallest absolute Gasteiger partial charge is 0.267 e. The molecule has 21 heavy (non-hydrogen) atoms. The molecule has 2 N–H and O–H groups in total. The first-order valence-corrected chi connectivity index (χ1v) is 8.75. The van der Waals surface area contributed by atoms with Gasteiger partial charge in [-0.05, 0) is 52.3 Å². The summed E-state index contributed by atoms with van der Waals surface area (Å²) < 4.78 is 40.4. The maximum atomic E-state index is 12.9. The van der Waals surface area contributed by atoms with Crippen LogP contribution in [0.15, 0.2) is 50.2 Å². The molecule has 0 aromatic heterocycles.